The van der Waals surface area contributed by atoms with Gasteiger partial charge in [0.05, 0.1) is 5.56 Å². The molecule has 0 aliphatic carbocycles. The molecule has 2 nitrogen and oxygen atoms in total. The maximum atomic E-state index is 11.8. The molecule has 0 N–H and O–H groups in total. The van der Waals surface area contributed by atoms with Gasteiger partial charge in [0.1, 0.15) is 0 Å². The van der Waals surface area contributed by atoms with E-state index in [1.165, 1.54) is 6.20 Å². The number of benzene rings is 2. The average molecular weight is 221 g/mol. The van der Waals surface area contributed by atoms with E-state index in [2.05, 4.69) is 12.1 Å². The Balaban J connectivity index is 2.35. The van der Waals surface area contributed by atoms with Gasteiger partial charge in [0, 0.05) is 12.1 Å². The highest BCUT2D eigenvalue weighted by Crippen LogP contribution is 2.25. The molecule has 0 atom stereocenters. The number of aromatic nitrogens is 1. The van der Waals surface area contributed by atoms with Crippen LogP contribution in [-0.2, 0) is 0 Å². The van der Waals surface area contributed by atoms with E-state index in [0.29, 0.717) is 5.69 Å². The smallest absolute Gasteiger partial charge is 0.224 e. The quantitative estimate of drug-likeness (QED) is 0.458. The van der Waals surface area contributed by atoms with Crippen LogP contribution in [0.3, 0.4) is 0 Å². The number of pyridine rings is 1. The lowest BCUT2D eigenvalue weighted by molar-refractivity contribution is -0.593. The summed E-state index contributed by atoms with van der Waals surface area (Å²) < 4.78 is 0.905. The van der Waals surface area contributed by atoms with Crippen LogP contribution >= 0.6 is 0 Å². The Bertz CT molecular complexity index is 671. The largest absolute Gasteiger partial charge is 0.618 e. The standard InChI is InChI=1S/C15H11NO/c17-16-11-4-3-10-15(16)14-9-5-7-12-6-1-2-8-13(12)14/h1-11H. The third-order valence-electron chi connectivity index (χ3n) is 2.89. The monoisotopic (exact) mass is 221 g/mol. The minimum absolute atomic E-state index is 0.685. The van der Waals surface area contributed by atoms with E-state index in [1.54, 1.807) is 6.07 Å². The fourth-order valence-electron chi connectivity index (χ4n) is 2.09. The molecule has 0 fully saturated rings. The van der Waals surface area contributed by atoms with Crippen molar-refractivity contribution in [1.29, 1.82) is 0 Å². The molecule has 0 saturated carbocycles. The van der Waals surface area contributed by atoms with E-state index >= 15 is 0 Å². The highest BCUT2D eigenvalue weighted by Gasteiger charge is 2.10. The summed E-state index contributed by atoms with van der Waals surface area (Å²) in [6.07, 6.45) is 1.52. The molecule has 1 heterocycles. The van der Waals surface area contributed by atoms with Crippen molar-refractivity contribution in [1.82, 2.24) is 0 Å². The molecule has 2 aromatic carbocycles. The second kappa shape index (κ2) is 3.91. The Labute approximate surface area is 99.3 Å². The number of rotatable bonds is 1. The van der Waals surface area contributed by atoms with Crippen LogP contribution in [0.25, 0.3) is 22.0 Å². The molecule has 17 heavy (non-hydrogen) atoms. The predicted octanol–water partition coefficient (Wildman–Crippen LogP) is 3.14. The fourth-order valence-corrected chi connectivity index (χ4v) is 2.09. The van der Waals surface area contributed by atoms with Gasteiger partial charge in [-0.05, 0) is 22.9 Å². The van der Waals surface area contributed by atoms with Gasteiger partial charge in [-0.25, -0.2) is 0 Å². The zero-order valence-electron chi connectivity index (χ0n) is 9.21. The van der Waals surface area contributed by atoms with E-state index in [9.17, 15) is 5.21 Å². The highest BCUT2D eigenvalue weighted by molar-refractivity contribution is 5.95. The van der Waals surface area contributed by atoms with Gasteiger partial charge in [0.2, 0.25) is 5.69 Å². The van der Waals surface area contributed by atoms with Crippen molar-refractivity contribution in [3.05, 3.63) is 72.1 Å². The van der Waals surface area contributed by atoms with Crippen molar-refractivity contribution < 1.29 is 4.73 Å². The molecule has 0 saturated heterocycles. The van der Waals surface area contributed by atoms with E-state index < -0.39 is 0 Å². The van der Waals surface area contributed by atoms with Crippen LogP contribution in [0, 0.1) is 5.21 Å². The molecule has 0 unspecified atom stereocenters. The Morgan fingerprint density at radius 1 is 0.765 bits per heavy atom. The van der Waals surface area contributed by atoms with Crippen LogP contribution in [0.2, 0.25) is 0 Å². The second-order valence-corrected chi connectivity index (χ2v) is 3.94. The minimum atomic E-state index is 0.685. The van der Waals surface area contributed by atoms with Crippen molar-refractivity contribution in [3.63, 3.8) is 0 Å². The maximum Gasteiger partial charge on any atom is 0.224 e. The van der Waals surface area contributed by atoms with Crippen LogP contribution in [-0.4, -0.2) is 0 Å². The minimum Gasteiger partial charge on any atom is -0.618 e. The van der Waals surface area contributed by atoms with Crippen LogP contribution in [0.5, 0.6) is 0 Å². The topological polar surface area (TPSA) is 26.9 Å². The molecule has 0 aliphatic rings. The van der Waals surface area contributed by atoms with Crippen molar-refractivity contribution in [2.45, 2.75) is 0 Å². The van der Waals surface area contributed by atoms with Crippen molar-refractivity contribution in [2.24, 2.45) is 0 Å². The van der Waals surface area contributed by atoms with Gasteiger partial charge in [0.25, 0.3) is 0 Å². The lowest BCUT2D eigenvalue weighted by Gasteiger charge is -2.06. The molecule has 3 rings (SSSR count). The Morgan fingerprint density at radius 2 is 1.53 bits per heavy atom. The van der Waals surface area contributed by atoms with Gasteiger partial charge in [-0.2, -0.15) is 4.73 Å². The van der Waals surface area contributed by atoms with Gasteiger partial charge in [-0.3, -0.25) is 0 Å². The highest BCUT2D eigenvalue weighted by atomic mass is 16.5. The molecule has 0 aliphatic heterocycles. The summed E-state index contributed by atoms with van der Waals surface area (Å²) in [6, 6.07) is 19.6. The zero-order valence-corrected chi connectivity index (χ0v) is 9.21. The van der Waals surface area contributed by atoms with Crippen molar-refractivity contribution in [2.75, 3.05) is 0 Å². The summed E-state index contributed by atoms with van der Waals surface area (Å²) in [5.41, 5.74) is 1.66. The number of hydrogen-bond donors (Lipinski definition) is 0. The third-order valence-corrected chi connectivity index (χ3v) is 2.89. The first kappa shape index (κ1) is 9.85. The number of hydrogen-bond acceptors (Lipinski definition) is 1. The van der Waals surface area contributed by atoms with Crippen molar-refractivity contribution >= 4 is 10.8 Å². The SMILES string of the molecule is [O-][n+]1ccccc1-c1cccc2ccccc12. The van der Waals surface area contributed by atoms with Gasteiger partial charge >= 0.3 is 0 Å². The molecule has 1 aromatic heterocycles. The lowest BCUT2D eigenvalue weighted by atomic mass is 10.0. The third kappa shape index (κ3) is 1.64. The van der Waals surface area contributed by atoms with E-state index in [1.807, 2.05) is 42.5 Å². The summed E-state index contributed by atoms with van der Waals surface area (Å²) in [7, 11) is 0. The summed E-state index contributed by atoms with van der Waals surface area (Å²) in [4.78, 5) is 0. The molecular formula is C15H11NO. The molecule has 0 amide bonds. The van der Waals surface area contributed by atoms with E-state index in [4.69, 9.17) is 0 Å². The Kier molecular flexibility index (Phi) is 2.26. The summed E-state index contributed by atoms with van der Waals surface area (Å²) in [6.45, 7) is 0. The van der Waals surface area contributed by atoms with E-state index in [0.717, 1.165) is 21.1 Å². The zero-order chi connectivity index (χ0) is 11.7. The van der Waals surface area contributed by atoms with Gasteiger partial charge < -0.3 is 5.21 Å². The predicted molar refractivity (Wildman–Crippen MR) is 68.3 cm³/mol. The van der Waals surface area contributed by atoms with Gasteiger partial charge in [0.15, 0.2) is 6.20 Å². The molecule has 2 heteroatoms. The molecule has 3 aromatic rings. The first-order valence-electron chi connectivity index (χ1n) is 5.52. The molecule has 0 radical (unpaired) electrons. The first-order chi connectivity index (χ1) is 8.36. The molecule has 0 bridgehead atoms. The maximum absolute atomic E-state index is 11.8. The average Bonchev–Trinajstić information content (AvgIpc) is 2.39. The number of nitrogens with zero attached hydrogens (tertiary/aromatic N) is 1. The molecular weight excluding hydrogens is 210 g/mol. The molecule has 82 valence electrons. The summed E-state index contributed by atoms with van der Waals surface area (Å²) in [5.74, 6) is 0. The summed E-state index contributed by atoms with van der Waals surface area (Å²) >= 11 is 0. The Hall–Kier alpha value is -2.35. The Morgan fingerprint density at radius 3 is 2.41 bits per heavy atom. The van der Waals surface area contributed by atoms with Crippen LogP contribution in [0.1, 0.15) is 0 Å². The van der Waals surface area contributed by atoms with Gasteiger partial charge in [-0.15, -0.1) is 0 Å². The van der Waals surface area contributed by atoms with E-state index in [-0.39, 0.29) is 0 Å². The second-order valence-electron chi connectivity index (χ2n) is 3.94. The van der Waals surface area contributed by atoms with Crippen LogP contribution in [0.4, 0.5) is 0 Å². The molecule has 0 spiro atoms. The van der Waals surface area contributed by atoms with Gasteiger partial charge in [-0.1, -0.05) is 36.4 Å². The normalized spacial score (nSPS) is 10.6. The first-order valence-corrected chi connectivity index (χ1v) is 5.52. The van der Waals surface area contributed by atoms with Crippen molar-refractivity contribution in [3.8, 4) is 11.3 Å². The fraction of sp³-hybridized carbons (Fsp3) is 0. The van der Waals surface area contributed by atoms with Crippen LogP contribution < -0.4 is 4.73 Å². The summed E-state index contributed by atoms with van der Waals surface area (Å²) in [5, 5.41) is 14.0. The number of fused-ring (bicyclic) bond motifs is 1. The lowest BCUT2D eigenvalue weighted by Crippen LogP contribution is -2.27. The van der Waals surface area contributed by atoms with Crippen LogP contribution in [0.15, 0.2) is 66.9 Å².